The summed E-state index contributed by atoms with van der Waals surface area (Å²) in [5, 5.41) is 10.4. The lowest BCUT2D eigenvalue weighted by molar-refractivity contribution is 0.0946. The van der Waals surface area contributed by atoms with Crippen LogP contribution in [0.3, 0.4) is 0 Å². The maximum absolute atomic E-state index is 13.0. The highest BCUT2D eigenvalue weighted by Gasteiger charge is 2.18. The van der Waals surface area contributed by atoms with Crippen LogP contribution in [0.15, 0.2) is 48.5 Å². The molecule has 8 heteroatoms. The van der Waals surface area contributed by atoms with Gasteiger partial charge in [-0.05, 0) is 30.3 Å². The normalized spacial score (nSPS) is 10.5. The molecule has 2 aromatic carbocycles. The summed E-state index contributed by atoms with van der Waals surface area (Å²) in [5.41, 5.74) is 7.29. The van der Waals surface area contributed by atoms with Crippen LogP contribution in [0, 0.1) is 5.82 Å². The molecule has 0 atom stereocenters. The summed E-state index contributed by atoms with van der Waals surface area (Å²) in [5.74, 6) is -0.0937. The monoisotopic (exact) mass is 341 g/mol. The zero-order valence-corrected chi connectivity index (χ0v) is 13.4. The smallest absolute Gasteiger partial charge is 0.275 e. The number of amides is 1. The lowest BCUT2D eigenvalue weighted by atomic mass is 10.2. The summed E-state index contributed by atoms with van der Waals surface area (Å²) in [7, 11) is 1.56. The summed E-state index contributed by atoms with van der Waals surface area (Å²) >= 11 is 0. The summed E-state index contributed by atoms with van der Waals surface area (Å²) < 4.78 is 19.5. The van der Waals surface area contributed by atoms with Gasteiger partial charge >= 0.3 is 0 Å². The Hall–Kier alpha value is -3.42. The average Bonchev–Trinajstić information content (AvgIpc) is 3.02. The Morgan fingerprint density at radius 3 is 2.68 bits per heavy atom. The van der Waals surface area contributed by atoms with Crippen LogP contribution in [0.1, 0.15) is 16.1 Å². The number of hydrogen-bond donors (Lipinski definition) is 2. The predicted molar refractivity (Wildman–Crippen MR) is 89.9 cm³/mol. The number of halogens is 1. The number of nitrogens with one attached hydrogen (secondary N) is 1. The molecule has 0 aliphatic heterocycles. The van der Waals surface area contributed by atoms with Crippen molar-refractivity contribution in [1.29, 1.82) is 0 Å². The molecule has 1 amide bonds. The first-order valence-electron chi connectivity index (χ1n) is 7.47. The molecule has 0 bridgehead atoms. The molecule has 3 N–H and O–H groups in total. The third-order valence-corrected chi connectivity index (χ3v) is 3.62. The first-order valence-corrected chi connectivity index (χ1v) is 7.47. The van der Waals surface area contributed by atoms with Gasteiger partial charge in [-0.2, -0.15) is 4.68 Å². The number of rotatable bonds is 5. The van der Waals surface area contributed by atoms with E-state index in [-0.39, 0.29) is 23.9 Å². The van der Waals surface area contributed by atoms with Gasteiger partial charge in [0.25, 0.3) is 5.91 Å². The third-order valence-electron chi connectivity index (χ3n) is 3.62. The van der Waals surface area contributed by atoms with Crippen LogP contribution in [-0.4, -0.2) is 28.0 Å². The number of benzene rings is 2. The highest BCUT2D eigenvalue weighted by Crippen LogP contribution is 2.18. The largest absolute Gasteiger partial charge is 0.496 e. The van der Waals surface area contributed by atoms with E-state index in [0.29, 0.717) is 11.4 Å². The van der Waals surface area contributed by atoms with Gasteiger partial charge in [0.05, 0.1) is 12.8 Å². The fourth-order valence-electron chi connectivity index (χ4n) is 2.33. The van der Waals surface area contributed by atoms with Crippen LogP contribution in [0.4, 0.5) is 10.2 Å². The lowest BCUT2D eigenvalue weighted by Gasteiger charge is -2.09. The second-order valence-corrected chi connectivity index (χ2v) is 5.21. The maximum Gasteiger partial charge on any atom is 0.275 e. The van der Waals surface area contributed by atoms with Gasteiger partial charge in [-0.3, -0.25) is 4.79 Å². The van der Waals surface area contributed by atoms with Crippen LogP contribution < -0.4 is 15.8 Å². The number of aromatic nitrogens is 3. The number of nitrogens with zero attached hydrogens (tertiary/aromatic N) is 3. The van der Waals surface area contributed by atoms with Crippen LogP contribution in [0.5, 0.6) is 5.75 Å². The molecule has 0 saturated heterocycles. The van der Waals surface area contributed by atoms with Crippen molar-refractivity contribution >= 4 is 11.7 Å². The van der Waals surface area contributed by atoms with Gasteiger partial charge in [0.2, 0.25) is 0 Å². The minimum Gasteiger partial charge on any atom is -0.496 e. The van der Waals surface area contributed by atoms with E-state index in [1.807, 2.05) is 18.2 Å². The van der Waals surface area contributed by atoms with Gasteiger partial charge in [0.1, 0.15) is 11.6 Å². The Balaban J connectivity index is 1.76. The molecule has 3 rings (SSSR count). The fraction of sp³-hybridized carbons (Fsp3) is 0.118. The lowest BCUT2D eigenvalue weighted by Crippen LogP contribution is -2.24. The topological polar surface area (TPSA) is 95.1 Å². The molecule has 0 fully saturated rings. The number of anilines is 1. The standard InChI is InChI=1S/C17H16FN5O2/c1-25-14-5-3-2-4-11(14)10-20-17(24)15-16(19)23(22-21-15)13-8-6-12(18)7-9-13/h2-9H,10,19H2,1H3,(H,20,24). The zero-order valence-electron chi connectivity index (χ0n) is 13.4. The van der Waals surface area contributed by atoms with Crippen molar-refractivity contribution in [2.45, 2.75) is 6.54 Å². The molecule has 7 nitrogen and oxygen atoms in total. The Kier molecular flexibility index (Phi) is 4.60. The van der Waals surface area contributed by atoms with Crippen molar-refractivity contribution in [3.63, 3.8) is 0 Å². The molecule has 0 aliphatic carbocycles. The van der Waals surface area contributed by atoms with Crippen molar-refractivity contribution < 1.29 is 13.9 Å². The molecule has 3 aromatic rings. The van der Waals surface area contributed by atoms with E-state index in [1.54, 1.807) is 13.2 Å². The maximum atomic E-state index is 13.0. The van der Waals surface area contributed by atoms with Crippen LogP contribution in [0.2, 0.25) is 0 Å². The summed E-state index contributed by atoms with van der Waals surface area (Å²) in [4.78, 5) is 12.3. The minimum absolute atomic E-state index is 0.000719. The van der Waals surface area contributed by atoms with Crippen molar-refractivity contribution in [1.82, 2.24) is 20.3 Å². The minimum atomic E-state index is -0.461. The Morgan fingerprint density at radius 2 is 1.96 bits per heavy atom. The van der Waals surface area contributed by atoms with Gasteiger partial charge in [0, 0.05) is 12.1 Å². The first kappa shape index (κ1) is 16.4. The number of carbonyl (C=O) groups excluding carboxylic acids is 1. The van der Waals surface area contributed by atoms with E-state index in [1.165, 1.54) is 28.9 Å². The summed E-state index contributed by atoms with van der Waals surface area (Å²) in [6.07, 6.45) is 0. The van der Waals surface area contributed by atoms with Crippen molar-refractivity contribution in [3.8, 4) is 11.4 Å². The molecular formula is C17H16FN5O2. The first-order chi connectivity index (χ1) is 12.1. The average molecular weight is 341 g/mol. The van der Waals surface area contributed by atoms with E-state index in [2.05, 4.69) is 15.6 Å². The molecule has 0 radical (unpaired) electrons. The van der Waals surface area contributed by atoms with E-state index >= 15 is 0 Å². The Bertz CT molecular complexity index is 892. The van der Waals surface area contributed by atoms with Crippen molar-refractivity contribution in [3.05, 3.63) is 65.6 Å². The van der Waals surface area contributed by atoms with Crippen LogP contribution >= 0.6 is 0 Å². The zero-order chi connectivity index (χ0) is 17.8. The molecule has 25 heavy (non-hydrogen) atoms. The Morgan fingerprint density at radius 1 is 1.24 bits per heavy atom. The van der Waals surface area contributed by atoms with Crippen LogP contribution in [-0.2, 0) is 6.54 Å². The number of para-hydroxylation sites is 1. The molecule has 1 heterocycles. The Labute approximate surface area is 143 Å². The quantitative estimate of drug-likeness (QED) is 0.739. The molecule has 0 saturated carbocycles. The number of nitrogen functional groups attached to an aromatic ring is 1. The van der Waals surface area contributed by atoms with Gasteiger partial charge in [-0.1, -0.05) is 23.4 Å². The number of ether oxygens (including phenoxy) is 1. The highest BCUT2D eigenvalue weighted by atomic mass is 19.1. The van der Waals surface area contributed by atoms with E-state index in [4.69, 9.17) is 10.5 Å². The van der Waals surface area contributed by atoms with Gasteiger partial charge in [0.15, 0.2) is 11.5 Å². The second-order valence-electron chi connectivity index (χ2n) is 5.21. The van der Waals surface area contributed by atoms with Crippen molar-refractivity contribution in [2.24, 2.45) is 0 Å². The van der Waals surface area contributed by atoms with E-state index in [0.717, 1.165) is 5.56 Å². The number of hydrogen-bond acceptors (Lipinski definition) is 5. The van der Waals surface area contributed by atoms with E-state index < -0.39 is 5.91 Å². The number of carbonyl (C=O) groups is 1. The van der Waals surface area contributed by atoms with Crippen LogP contribution in [0.25, 0.3) is 5.69 Å². The predicted octanol–water partition coefficient (Wildman–Crippen LogP) is 1.93. The fourth-order valence-corrected chi connectivity index (χ4v) is 2.33. The van der Waals surface area contributed by atoms with Gasteiger partial charge < -0.3 is 15.8 Å². The number of nitrogens with two attached hydrogens (primary N) is 1. The molecular weight excluding hydrogens is 325 g/mol. The SMILES string of the molecule is COc1ccccc1CNC(=O)c1nnn(-c2ccc(F)cc2)c1N. The third kappa shape index (κ3) is 3.42. The molecule has 0 spiro atoms. The molecule has 128 valence electrons. The number of methoxy groups -OCH3 is 1. The molecule has 1 aromatic heterocycles. The summed E-state index contributed by atoms with van der Waals surface area (Å²) in [6, 6.07) is 12.9. The van der Waals surface area contributed by atoms with Gasteiger partial charge in [-0.15, -0.1) is 5.10 Å². The summed E-state index contributed by atoms with van der Waals surface area (Å²) in [6.45, 7) is 0.256. The van der Waals surface area contributed by atoms with Crippen molar-refractivity contribution in [2.75, 3.05) is 12.8 Å². The second kappa shape index (κ2) is 7.00. The van der Waals surface area contributed by atoms with Gasteiger partial charge in [-0.25, -0.2) is 4.39 Å². The highest BCUT2D eigenvalue weighted by molar-refractivity contribution is 5.96. The molecule has 0 aliphatic rings. The molecule has 0 unspecified atom stereocenters. The van der Waals surface area contributed by atoms with E-state index in [9.17, 15) is 9.18 Å².